The van der Waals surface area contributed by atoms with E-state index in [1.165, 1.54) is 30.6 Å². The van der Waals surface area contributed by atoms with Gasteiger partial charge in [-0.15, -0.1) is 11.6 Å². The monoisotopic (exact) mass is 257 g/mol. The van der Waals surface area contributed by atoms with Crippen molar-refractivity contribution in [3.63, 3.8) is 0 Å². The van der Waals surface area contributed by atoms with Gasteiger partial charge in [0.15, 0.2) is 0 Å². The molecule has 5 heteroatoms. The predicted octanol–water partition coefficient (Wildman–Crippen LogP) is 2.60. The third-order valence-electron chi connectivity index (χ3n) is 2.57. The predicted molar refractivity (Wildman–Crippen MR) is 64.5 cm³/mol. The van der Waals surface area contributed by atoms with Crippen molar-refractivity contribution < 1.29 is 14.0 Å². The van der Waals surface area contributed by atoms with Crippen LogP contribution >= 0.6 is 11.6 Å². The average molecular weight is 258 g/mol. The van der Waals surface area contributed by atoms with Crippen molar-refractivity contribution in [2.75, 3.05) is 11.7 Å². The smallest absolute Gasteiger partial charge is 0.237 e. The number of aldehydes is 1. The lowest BCUT2D eigenvalue weighted by molar-refractivity contribution is -0.126. The molecular weight excluding hydrogens is 245 g/mol. The molecule has 2 rings (SSSR count). The van der Waals surface area contributed by atoms with Crippen LogP contribution in [-0.2, 0) is 9.59 Å². The van der Waals surface area contributed by atoms with E-state index in [-0.39, 0.29) is 11.7 Å². The Bertz CT molecular complexity index is 401. The molecular formula is C12H13ClFNO2. The minimum atomic E-state index is -0.825. The second-order valence-electron chi connectivity index (χ2n) is 3.74. The van der Waals surface area contributed by atoms with E-state index < -0.39 is 5.41 Å². The van der Waals surface area contributed by atoms with Crippen molar-refractivity contribution in [2.24, 2.45) is 5.41 Å². The fourth-order valence-corrected chi connectivity index (χ4v) is 1.32. The molecule has 0 saturated heterocycles. The zero-order chi connectivity index (χ0) is 12.9. The molecule has 0 aromatic heterocycles. The summed E-state index contributed by atoms with van der Waals surface area (Å²) < 4.78 is 12.6. The molecule has 1 amide bonds. The molecule has 0 unspecified atom stereocenters. The van der Waals surface area contributed by atoms with Gasteiger partial charge < -0.3 is 10.1 Å². The molecule has 0 aliphatic heterocycles. The summed E-state index contributed by atoms with van der Waals surface area (Å²) in [6.45, 7) is 0. The van der Waals surface area contributed by atoms with Crippen molar-refractivity contribution in [1.29, 1.82) is 0 Å². The molecule has 1 aliphatic rings. The second-order valence-corrected chi connectivity index (χ2v) is 3.74. The number of hydrogen-bond donors (Lipinski definition) is 1. The Morgan fingerprint density at radius 2 is 1.88 bits per heavy atom. The van der Waals surface area contributed by atoms with E-state index >= 15 is 0 Å². The molecule has 1 saturated carbocycles. The molecule has 1 N–H and O–H groups in total. The quantitative estimate of drug-likeness (QED) is 0.514. The summed E-state index contributed by atoms with van der Waals surface area (Å²) in [6.07, 6.45) is 3.36. The highest BCUT2D eigenvalue weighted by Gasteiger charge is 2.49. The van der Waals surface area contributed by atoms with Crippen LogP contribution in [0.5, 0.6) is 0 Å². The Balaban J connectivity index is 0.000000686. The van der Waals surface area contributed by atoms with Gasteiger partial charge in [0.25, 0.3) is 0 Å². The van der Waals surface area contributed by atoms with Crippen molar-refractivity contribution in [3.8, 4) is 0 Å². The van der Waals surface area contributed by atoms with Crippen LogP contribution < -0.4 is 5.32 Å². The topological polar surface area (TPSA) is 46.2 Å². The van der Waals surface area contributed by atoms with E-state index in [4.69, 9.17) is 0 Å². The van der Waals surface area contributed by atoms with E-state index in [1.54, 1.807) is 0 Å². The van der Waals surface area contributed by atoms with Gasteiger partial charge in [-0.3, -0.25) is 4.79 Å². The van der Waals surface area contributed by atoms with E-state index in [0.29, 0.717) is 24.8 Å². The summed E-state index contributed by atoms with van der Waals surface area (Å²) in [4.78, 5) is 22.2. The van der Waals surface area contributed by atoms with Crippen LogP contribution in [0.1, 0.15) is 12.8 Å². The van der Waals surface area contributed by atoms with Gasteiger partial charge in [-0.2, -0.15) is 0 Å². The molecule has 0 atom stereocenters. The van der Waals surface area contributed by atoms with Crippen LogP contribution in [-0.4, -0.2) is 18.6 Å². The fraction of sp³-hybridized carbons (Fsp3) is 0.333. The minimum absolute atomic E-state index is 0.302. The average Bonchev–Trinajstić information content (AvgIpc) is 3.15. The van der Waals surface area contributed by atoms with Gasteiger partial charge in [-0.1, -0.05) is 0 Å². The van der Waals surface area contributed by atoms with Crippen LogP contribution in [0, 0.1) is 11.2 Å². The van der Waals surface area contributed by atoms with Crippen LogP contribution in [0.25, 0.3) is 0 Å². The van der Waals surface area contributed by atoms with Gasteiger partial charge >= 0.3 is 0 Å². The summed E-state index contributed by atoms with van der Waals surface area (Å²) in [7, 11) is 0. The first-order valence-corrected chi connectivity index (χ1v) is 5.83. The van der Waals surface area contributed by atoms with E-state index in [9.17, 15) is 14.0 Å². The van der Waals surface area contributed by atoms with Gasteiger partial charge in [-0.05, 0) is 37.1 Å². The third-order valence-corrected chi connectivity index (χ3v) is 2.57. The lowest BCUT2D eigenvalue weighted by atomic mass is 10.1. The number of rotatable bonds is 3. The molecule has 17 heavy (non-hydrogen) atoms. The van der Waals surface area contributed by atoms with Gasteiger partial charge in [0.2, 0.25) is 5.91 Å². The molecule has 92 valence electrons. The lowest BCUT2D eigenvalue weighted by Gasteiger charge is -2.08. The number of nitrogens with one attached hydrogen (secondary N) is 1. The van der Waals surface area contributed by atoms with Crippen molar-refractivity contribution in [2.45, 2.75) is 12.8 Å². The first-order valence-electron chi connectivity index (χ1n) is 5.07. The highest BCUT2D eigenvalue weighted by Crippen LogP contribution is 2.44. The molecule has 0 heterocycles. The first kappa shape index (κ1) is 13.6. The summed E-state index contributed by atoms with van der Waals surface area (Å²) in [5, 5.41) is 2.59. The normalized spacial score (nSPS) is 15.2. The largest absolute Gasteiger partial charge is 0.325 e. The van der Waals surface area contributed by atoms with E-state index in [1.807, 2.05) is 0 Å². The summed E-state index contributed by atoms with van der Waals surface area (Å²) >= 11 is 4.64. The summed E-state index contributed by atoms with van der Waals surface area (Å²) in [5.74, 6) is -0.659. The zero-order valence-electron chi connectivity index (χ0n) is 9.37. The Kier molecular flexibility index (Phi) is 4.63. The van der Waals surface area contributed by atoms with Gasteiger partial charge in [-0.25, -0.2) is 4.39 Å². The number of halogens is 2. The standard InChI is InChI=1S/C11H10FNO2.CH3Cl/c12-8-1-3-9(4-2-8)13-10(15)11(7-14)5-6-11;1-2/h1-4,7H,5-6H2,(H,13,15);1H3. The summed E-state index contributed by atoms with van der Waals surface area (Å²) in [6, 6.07) is 5.45. The number of benzene rings is 1. The lowest BCUT2D eigenvalue weighted by Crippen LogP contribution is -2.25. The maximum Gasteiger partial charge on any atom is 0.237 e. The van der Waals surface area contributed by atoms with Crippen LogP contribution in [0.2, 0.25) is 0 Å². The second kappa shape index (κ2) is 5.77. The highest BCUT2D eigenvalue weighted by molar-refractivity contribution is 6.15. The summed E-state index contributed by atoms with van der Waals surface area (Å²) in [5.41, 5.74) is -0.316. The van der Waals surface area contributed by atoms with Crippen molar-refractivity contribution >= 4 is 29.5 Å². The van der Waals surface area contributed by atoms with Crippen LogP contribution in [0.4, 0.5) is 10.1 Å². The Morgan fingerprint density at radius 1 is 1.35 bits per heavy atom. The Morgan fingerprint density at radius 3 is 2.29 bits per heavy atom. The molecule has 0 bridgehead atoms. The molecule has 1 fully saturated rings. The molecule has 0 spiro atoms. The molecule has 0 radical (unpaired) electrons. The number of carbonyl (C=O) groups excluding carboxylic acids is 2. The minimum Gasteiger partial charge on any atom is -0.325 e. The maximum absolute atomic E-state index is 12.6. The number of anilines is 1. The number of hydrogen-bond acceptors (Lipinski definition) is 2. The highest BCUT2D eigenvalue weighted by atomic mass is 35.5. The Hall–Kier alpha value is -1.42. The van der Waals surface area contributed by atoms with E-state index in [2.05, 4.69) is 16.9 Å². The molecule has 1 aliphatic carbocycles. The van der Waals surface area contributed by atoms with Gasteiger partial charge in [0.1, 0.15) is 17.5 Å². The SMILES string of the molecule is CCl.O=CC1(C(=O)Nc2ccc(F)cc2)CC1. The van der Waals surface area contributed by atoms with Crippen LogP contribution in [0.15, 0.2) is 24.3 Å². The van der Waals surface area contributed by atoms with Crippen molar-refractivity contribution in [3.05, 3.63) is 30.1 Å². The number of carbonyl (C=O) groups is 2. The van der Waals surface area contributed by atoms with Crippen LogP contribution in [0.3, 0.4) is 0 Å². The van der Waals surface area contributed by atoms with Crippen molar-refractivity contribution in [1.82, 2.24) is 0 Å². The fourth-order valence-electron chi connectivity index (χ4n) is 1.32. The molecule has 1 aromatic rings. The van der Waals surface area contributed by atoms with E-state index in [0.717, 1.165) is 0 Å². The third kappa shape index (κ3) is 3.27. The van der Waals surface area contributed by atoms with Gasteiger partial charge in [0, 0.05) is 12.1 Å². The first-order chi connectivity index (χ1) is 8.16. The Labute approximate surface area is 104 Å². The molecule has 3 nitrogen and oxygen atoms in total. The maximum atomic E-state index is 12.6. The number of alkyl halides is 1. The number of amides is 1. The zero-order valence-corrected chi connectivity index (χ0v) is 10.1. The van der Waals surface area contributed by atoms with Gasteiger partial charge in [0.05, 0.1) is 0 Å². The molecule has 1 aromatic carbocycles.